The molecule has 2 rings (SSSR count). The molecule has 78 valence electrons. The number of aromatic nitrogens is 1. The minimum Gasteiger partial charge on any atom is -0.375 e. The number of nitrogens with two attached hydrogens (primary N) is 1. The highest BCUT2D eigenvalue weighted by Crippen LogP contribution is 2.24. The number of benzene rings is 1. The molecule has 4 heteroatoms. The van der Waals surface area contributed by atoms with E-state index in [0.29, 0.717) is 18.0 Å². The van der Waals surface area contributed by atoms with Gasteiger partial charge in [0.2, 0.25) is 0 Å². The van der Waals surface area contributed by atoms with Gasteiger partial charge in [0.25, 0.3) is 0 Å². The number of nitrogens with zero attached hydrogens (tertiary/aromatic N) is 1. The molecule has 0 saturated heterocycles. The Bertz CT molecular complexity index is 504. The molecule has 0 aliphatic heterocycles. The number of Topliss-reactive ketones (excluding diaryl/α,β-unsaturated/α-hetero) is 1. The summed E-state index contributed by atoms with van der Waals surface area (Å²) >= 11 is 1.46. The minimum absolute atomic E-state index is 0.256. The number of rotatable bonds is 3. The number of hydrogen-bond acceptors (Lipinski definition) is 4. The fourth-order valence-electron chi connectivity index (χ4n) is 1.45. The number of fused-ring (bicyclic) bond motifs is 1. The number of thiazole rings is 1. The third kappa shape index (κ3) is 2.15. The average Bonchev–Trinajstić information content (AvgIpc) is 2.57. The Balaban J connectivity index is 2.33. The Morgan fingerprint density at radius 2 is 2.33 bits per heavy atom. The van der Waals surface area contributed by atoms with Crippen LogP contribution in [0.15, 0.2) is 18.2 Å². The molecule has 0 aliphatic carbocycles. The normalized spacial score (nSPS) is 10.7. The summed E-state index contributed by atoms with van der Waals surface area (Å²) in [6, 6.07) is 5.85. The topological polar surface area (TPSA) is 56.0 Å². The van der Waals surface area contributed by atoms with Crippen LogP contribution in [-0.4, -0.2) is 10.8 Å². The van der Waals surface area contributed by atoms with E-state index in [0.717, 1.165) is 15.8 Å². The Morgan fingerprint density at radius 3 is 3.07 bits per heavy atom. The Morgan fingerprint density at radius 1 is 1.53 bits per heavy atom. The molecule has 0 atom stereocenters. The molecule has 3 nitrogen and oxygen atoms in total. The second-order valence-corrected chi connectivity index (χ2v) is 4.49. The first-order valence-corrected chi connectivity index (χ1v) is 5.67. The van der Waals surface area contributed by atoms with Gasteiger partial charge >= 0.3 is 0 Å². The van der Waals surface area contributed by atoms with E-state index >= 15 is 0 Å². The van der Waals surface area contributed by atoms with Crippen LogP contribution in [-0.2, 0) is 11.2 Å². The molecule has 0 spiro atoms. The van der Waals surface area contributed by atoms with Crippen LogP contribution in [0.1, 0.15) is 18.9 Å². The first-order chi connectivity index (χ1) is 7.19. The summed E-state index contributed by atoms with van der Waals surface area (Å²) in [5, 5.41) is 0.573. The second-order valence-electron chi connectivity index (χ2n) is 3.42. The largest absolute Gasteiger partial charge is 0.375 e. The van der Waals surface area contributed by atoms with Crippen molar-refractivity contribution in [1.29, 1.82) is 0 Å². The molecule has 0 fully saturated rings. The van der Waals surface area contributed by atoms with Gasteiger partial charge in [0.05, 0.1) is 10.2 Å². The van der Waals surface area contributed by atoms with Crippen LogP contribution < -0.4 is 5.73 Å². The summed E-state index contributed by atoms with van der Waals surface area (Å²) in [6.07, 6.45) is 1.09. The van der Waals surface area contributed by atoms with Crippen molar-refractivity contribution in [2.45, 2.75) is 19.8 Å². The number of carbonyl (C=O) groups is 1. The Labute approximate surface area is 91.9 Å². The highest BCUT2D eigenvalue weighted by Gasteiger charge is 2.04. The molecule has 0 aliphatic rings. The number of ketones is 1. The van der Waals surface area contributed by atoms with Gasteiger partial charge in [-0.15, -0.1) is 0 Å². The quantitative estimate of drug-likeness (QED) is 0.864. The molecule has 15 heavy (non-hydrogen) atoms. The summed E-state index contributed by atoms with van der Waals surface area (Å²) < 4.78 is 1.05. The monoisotopic (exact) mass is 220 g/mol. The van der Waals surface area contributed by atoms with E-state index < -0.39 is 0 Å². The van der Waals surface area contributed by atoms with Crippen molar-refractivity contribution in [3.63, 3.8) is 0 Å². The van der Waals surface area contributed by atoms with Gasteiger partial charge in [-0.05, 0) is 17.7 Å². The van der Waals surface area contributed by atoms with E-state index in [1.807, 2.05) is 25.1 Å². The molecular formula is C11H12N2OS. The predicted octanol–water partition coefficient (Wildman–Crippen LogP) is 2.40. The summed E-state index contributed by atoms with van der Waals surface area (Å²) in [5.74, 6) is 0.256. The van der Waals surface area contributed by atoms with Crippen molar-refractivity contribution in [2.75, 3.05) is 5.73 Å². The van der Waals surface area contributed by atoms with Crippen LogP contribution in [0.3, 0.4) is 0 Å². The maximum absolute atomic E-state index is 11.3. The summed E-state index contributed by atoms with van der Waals surface area (Å²) in [7, 11) is 0. The van der Waals surface area contributed by atoms with E-state index in [4.69, 9.17) is 5.73 Å². The first-order valence-electron chi connectivity index (χ1n) is 4.85. The molecule has 2 N–H and O–H groups in total. The van der Waals surface area contributed by atoms with Crippen molar-refractivity contribution in [2.24, 2.45) is 0 Å². The molecule has 2 aromatic rings. The molecule has 0 bridgehead atoms. The third-order valence-electron chi connectivity index (χ3n) is 2.27. The lowest BCUT2D eigenvalue weighted by molar-refractivity contribution is -0.118. The summed E-state index contributed by atoms with van der Waals surface area (Å²) in [5.41, 5.74) is 7.56. The van der Waals surface area contributed by atoms with Gasteiger partial charge in [-0.1, -0.05) is 24.3 Å². The lowest BCUT2D eigenvalue weighted by Gasteiger charge is -1.98. The van der Waals surface area contributed by atoms with E-state index in [9.17, 15) is 4.79 Å². The fourth-order valence-corrected chi connectivity index (χ4v) is 2.25. The van der Waals surface area contributed by atoms with Crippen LogP contribution in [0, 0.1) is 0 Å². The molecule has 1 aromatic heterocycles. The molecule has 0 amide bonds. The van der Waals surface area contributed by atoms with Crippen LogP contribution in [0.4, 0.5) is 5.13 Å². The third-order valence-corrected chi connectivity index (χ3v) is 3.11. The molecule has 1 heterocycles. The van der Waals surface area contributed by atoms with Crippen molar-refractivity contribution in [3.8, 4) is 0 Å². The van der Waals surface area contributed by atoms with E-state index in [-0.39, 0.29) is 5.78 Å². The van der Waals surface area contributed by atoms with E-state index in [2.05, 4.69) is 4.98 Å². The van der Waals surface area contributed by atoms with Crippen LogP contribution >= 0.6 is 11.3 Å². The van der Waals surface area contributed by atoms with E-state index in [1.54, 1.807) is 0 Å². The van der Waals surface area contributed by atoms with Gasteiger partial charge in [0, 0.05) is 12.8 Å². The lowest BCUT2D eigenvalue weighted by Crippen LogP contribution is -1.99. The molecule has 0 unspecified atom stereocenters. The molecular weight excluding hydrogens is 208 g/mol. The SMILES string of the molecule is CCC(=O)Cc1ccc2nc(N)sc2c1. The first kappa shape index (κ1) is 10.1. The molecule has 1 aromatic carbocycles. The van der Waals surface area contributed by atoms with Crippen LogP contribution in [0.25, 0.3) is 10.2 Å². The van der Waals surface area contributed by atoms with Gasteiger partial charge in [0.1, 0.15) is 5.78 Å². The lowest BCUT2D eigenvalue weighted by atomic mass is 10.1. The summed E-state index contributed by atoms with van der Waals surface area (Å²) in [4.78, 5) is 15.5. The highest BCUT2D eigenvalue weighted by atomic mass is 32.1. The van der Waals surface area contributed by atoms with Crippen molar-refractivity contribution in [1.82, 2.24) is 4.98 Å². The number of carbonyl (C=O) groups excluding carboxylic acids is 1. The molecule has 0 saturated carbocycles. The van der Waals surface area contributed by atoms with Crippen molar-refractivity contribution < 1.29 is 4.79 Å². The van der Waals surface area contributed by atoms with Gasteiger partial charge in [-0.25, -0.2) is 4.98 Å². The second kappa shape index (κ2) is 3.98. The number of anilines is 1. The van der Waals surface area contributed by atoms with Crippen LogP contribution in [0.5, 0.6) is 0 Å². The minimum atomic E-state index is 0.256. The average molecular weight is 220 g/mol. The van der Waals surface area contributed by atoms with Crippen molar-refractivity contribution in [3.05, 3.63) is 23.8 Å². The zero-order valence-corrected chi connectivity index (χ0v) is 9.30. The molecule has 0 radical (unpaired) electrons. The summed E-state index contributed by atoms with van der Waals surface area (Å²) in [6.45, 7) is 1.88. The fraction of sp³-hybridized carbons (Fsp3) is 0.273. The maximum Gasteiger partial charge on any atom is 0.181 e. The number of nitrogen functional groups attached to an aromatic ring is 1. The zero-order chi connectivity index (χ0) is 10.8. The van der Waals surface area contributed by atoms with Gasteiger partial charge in [-0.2, -0.15) is 0 Å². The smallest absolute Gasteiger partial charge is 0.181 e. The standard InChI is InChI=1S/C11H12N2OS/c1-2-8(14)5-7-3-4-9-10(6-7)15-11(12)13-9/h3-4,6H,2,5H2,1H3,(H2,12,13). The van der Waals surface area contributed by atoms with Gasteiger partial charge in [-0.3, -0.25) is 4.79 Å². The predicted molar refractivity (Wildman–Crippen MR) is 63.0 cm³/mol. The van der Waals surface area contributed by atoms with E-state index in [1.165, 1.54) is 11.3 Å². The Hall–Kier alpha value is -1.42. The maximum atomic E-state index is 11.3. The van der Waals surface area contributed by atoms with Crippen LogP contribution in [0.2, 0.25) is 0 Å². The van der Waals surface area contributed by atoms with Gasteiger partial charge in [0.15, 0.2) is 5.13 Å². The van der Waals surface area contributed by atoms with Gasteiger partial charge < -0.3 is 5.73 Å². The number of hydrogen-bond donors (Lipinski definition) is 1. The zero-order valence-electron chi connectivity index (χ0n) is 8.49. The highest BCUT2D eigenvalue weighted by molar-refractivity contribution is 7.22. The van der Waals surface area contributed by atoms with Crippen molar-refractivity contribution >= 4 is 32.5 Å². The Kier molecular flexibility index (Phi) is 2.68.